The number of halogens is 6. The molecule has 2 N–H and O–H groups in total. The summed E-state index contributed by atoms with van der Waals surface area (Å²) < 4.78 is 65.8. The molecule has 0 saturated heterocycles. The van der Waals surface area contributed by atoms with E-state index in [9.17, 15) is 27.1 Å². The molecule has 0 spiro atoms. The highest BCUT2D eigenvalue weighted by atomic mass is 79.9. The van der Waals surface area contributed by atoms with E-state index in [1.54, 1.807) is 0 Å². The number of phenolic OH excluding ortho intramolecular Hbond substituents is 1. The fourth-order valence-corrected chi connectivity index (χ4v) is 2.53. The van der Waals surface area contributed by atoms with E-state index in [1.165, 1.54) is 6.07 Å². The molecule has 1 heterocycles. The van der Waals surface area contributed by atoms with Crippen molar-refractivity contribution in [3.63, 3.8) is 0 Å². The average molecular weight is 393 g/mol. The van der Waals surface area contributed by atoms with Crippen molar-refractivity contribution in [2.75, 3.05) is 0 Å². The van der Waals surface area contributed by atoms with Gasteiger partial charge in [0.2, 0.25) is 0 Å². The lowest BCUT2D eigenvalue weighted by Crippen LogP contribution is -2.08. The van der Waals surface area contributed by atoms with Crippen LogP contribution in [0.25, 0.3) is 22.2 Å². The summed E-state index contributed by atoms with van der Waals surface area (Å²) in [5.74, 6) is -3.57. The largest absolute Gasteiger partial charge is 0.505 e. The minimum atomic E-state index is -4.99. The molecule has 0 unspecified atom stereocenters. The Hall–Kier alpha value is -2.16. The lowest BCUT2D eigenvalue weighted by atomic mass is 10.0. The van der Waals surface area contributed by atoms with Crippen LogP contribution in [0, 0.1) is 11.6 Å². The van der Waals surface area contributed by atoms with E-state index in [4.69, 9.17) is 0 Å². The first kappa shape index (κ1) is 15.7. The first-order valence-corrected chi connectivity index (χ1v) is 6.91. The van der Waals surface area contributed by atoms with Gasteiger partial charge in [-0.15, -0.1) is 0 Å². The van der Waals surface area contributed by atoms with E-state index in [-0.39, 0.29) is 21.1 Å². The molecule has 0 aliphatic heterocycles. The molecule has 0 amide bonds. The number of nitrogens with zero attached hydrogens (tertiary/aromatic N) is 1. The minimum absolute atomic E-state index is 0.0350. The second kappa shape index (κ2) is 5.19. The molecule has 0 atom stereocenters. The molecule has 9 heteroatoms. The third-order valence-corrected chi connectivity index (χ3v) is 3.84. The number of aromatic hydroxyl groups is 1. The van der Waals surface area contributed by atoms with Crippen molar-refractivity contribution < 1.29 is 27.1 Å². The second-order valence-corrected chi connectivity index (χ2v) is 5.59. The normalized spacial score (nSPS) is 12.1. The molecule has 3 aromatic rings. The zero-order valence-corrected chi connectivity index (χ0v) is 12.6. The van der Waals surface area contributed by atoms with E-state index >= 15 is 0 Å². The van der Waals surface area contributed by atoms with Crippen molar-refractivity contribution in [3.8, 4) is 17.0 Å². The van der Waals surface area contributed by atoms with Gasteiger partial charge in [-0.2, -0.15) is 18.3 Å². The number of nitrogens with one attached hydrogen (secondary N) is 1. The number of alkyl halides is 3. The van der Waals surface area contributed by atoms with Gasteiger partial charge < -0.3 is 5.11 Å². The molecular weight excluding hydrogens is 387 g/mol. The van der Waals surface area contributed by atoms with E-state index in [0.29, 0.717) is 11.6 Å². The fraction of sp³-hybridized carbons (Fsp3) is 0.0714. The SMILES string of the molecule is Oc1cc(-c2n[nH]c3cc(Br)c(F)cc23)cc(C(F)(F)F)c1F. The van der Waals surface area contributed by atoms with Crippen LogP contribution in [0.2, 0.25) is 0 Å². The monoisotopic (exact) mass is 392 g/mol. The van der Waals surface area contributed by atoms with E-state index in [1.807, 2.05) is 0 Å². The second-order valence-electron chi connectivity index (χ2n) is 4.74. The summed E-state index contributed by atoms with van der Waals surface area (Å²) in [7, 11) is 0. The van der Waals surface area contributed by atoms with Crippen LogP contribution in [0.15, 0.2) is 28.7 Å². The maximum Gasteiger partial charge on any atom is 0.419 e. The summed E-state index contributed by atoms with van der Waals surface area (Å²) in [4.78, 5) is 0. The Bertz CT molecular complexity index is 920. The smallest absolute Gasteiger partial charge is 0.419 e. The molecule has 23 heavy (non-hydrogen) atoms. The highest BCUT2D eigenvalue weighted by Crippen LogP contribution is 2.39. The predicted molar refractivity (Wildman–Crippen MR) is 75.8 cm³/mol. The average Bonchev–Trinajstić information content (AvgIpc) is 2.84. The van der Waals surface area contributed by atoms with Crippen molar-refractivity contribution in [1.82, 2.24) is 10.2 Å². The molecule has 120 valence electrons. The van der Waals surface area contributed by atoms with Crippen LogP contribution in [-0.4, -0.2) is 15.3 Å². The van der Waals surface area contributed by atoms with Gasteiger partial charge in [0.1, 0.15) is 11.5 Å². The third-order valence-electron chi connectivity index (χ3n) is 3.24. The third kappa shape index (κ3) is 2.65. The number of fused-ring (bicyclic) bond motifs is 1. The summed E-state index contributed by atoms with van der Waals surface area (Å²) >= 11 is 2.98. The van der Waals surface area contributed by atoms with Crippen LogP contribution >= 0.6 is 15.9 Å². The number of hydrogen-bond acceptors (Lipinski definition) is 2. The summed E-state index contributed by atoms with van der Waals surface area (Å²) in [5.41, 5.74) is -1.48. The Morgan fingerprint density at radius 2 is 1.78 bits per heavy atom. The zero-order valence-electron chi connectivity index (χ0n) is 11.0. The minimum Gasteiger partial charge on any atom is -0.505 e. The quantitative estimate of drug-likeness (QED) is 0.572. The standard InChI is InChI=1S/C14H6BrF5N2O/c15-8-4-10-6(3-9(8)16)13(22-21-10)5-1-7(14(18,19)20)12(17)11(23)2-5/h1-4,23H,(H,21,22). The number of phenols is 1. The molecule has 2 aromatic carbocycles. The highest BCUT2D eigenvalue weighted by Gasteiger charge is 2.36. The van der Waals surface area contributed by atoms with Crippen molar-refractivity contribution in [3.05, 3.63) is 45.9 Å². The molecule has 3 rings (SSSR count). The van der Waals surface area contributed by atoms with Gasteiger partial charge in [-0.05, 0) is 40.2 Å². The van der Waals surface area contributed by atoms with Gasteiger partial charge in [0.15, 0.2) is 11.6 Å². The Morgan fingerprint density at radius 3 is 2.43 bits per heavy atom. The number of aromatic nitrogens is 2. The fourth-order valence-electron chi connectivity index (χ4n) is 2.18. The molecule has 0 radical (unpaired) electrons. The first-order valence-electron chi connectivity index (χ1n) is 6.11. The van der Waals surface area contributed by atoms with Crippen molar-refractivity contribution in [2.45, 2.75) is 6.18 Å². The van der Waals surface area contributed by atoms with Crippen LogP contribution in [0.1, 0.15) is 5.56 Å². The number of aromatic amines is 1. The molecule has 0 saturated carbocycles. The van der Waals surface area contributed by atoms with Gasteiger partial charge in [-0.25, -0.2) is 8.78 Å². The van der Waals surface area contributed by atoms with Gasteiger partial charge >= 0.3 is 6.18 Å². The van der Waals surface area contributed by atoms with Crippen molar-refractivity contribution in [1.29, 1.82) is 0 Å². The van der Waals surface area contributed by atoms with Gasteiger partial charge in [0.05, 0.1) is 15.6 Å². The summed E-state index contributed by atoms with van der Waals surface area (Å²) in [6.45, 7) is 0. The summed E-state index contributed by atoms with van der Waals surface area (Å²) in [5, 5.41) is 16.0. The number of hydrogen-bond donors (Lipinski definition) is 2. The number of rotatable bonds is 1. The molecule has 0 fully saturated rings. The Morgan fingerprint density at radius 1 is 1.09 bits per heavy atom. The molecule has 3 nitrogen and oxygen atoms in total. The lowest BCUT2D eigenvalue weighted by molar-refractivity contribution is -0.140. The van der Waals surface area contributed by atoms with E-state index in [2.05, 4.69) is 26.1 Å². The molecule has 0 aliphatic rings. The molecule has 0 bridgehead atoms. The van der Waals surface area contributed by atoms with Gasteiger partial charge in [0, 0.05) is 10.9 Å². The van der Waals surface area contributed by atoms with Crippen LogP contribution < -0.4 is 0 Å². The molecule has 1 aromatic heterocycles. The van der Waals surface area contributed by atoms with Crippen molar-refractivity contribution in [2.24, 2.45) is 0 Å². The van der Waals surface area contributed by atoms with E-state index < -0.39 is 29.1 Å². The first-order chi connectivity index (χ1) is 10.7. The molecule has 0 aliphatic carbocycles. The molecular formula is C14H6BrF5N2O. The van der Waals surface area contributed by atoms with E-state index in [0.717, 1.165) is 12.1 Å². The van der Waals surface area contributed by atoms with Gasteiger partial charge in [0.25, 0.3) is 0 Å². The Kier molecular flexibility index (Phi) is 3.55. The lowest BCUT2D eigenvalue weighted by Gasteiger charge is -2.11. The van der Waals surface area contributed by atoms with Crippen LogP contribution in [-0.2, 0) is 6.18 Å². The van der Waals surface area contributed by atoms with Gasteiger partial charge in [-0.3, -0.25) is 5.10 Å². The maximum absolute atomic E-state index is 13.7. The van der Waals surface area contributed by atoms with Crippen LogP contribution in [0.3, 0.4) is 0 Å². The number of H-pyrrole nitrogens is 1. The summed E-state index contributed by atoms with van der Waals surface area (Å²) in [6.07, 6.45) is -4.99. The van der Waals surface area contributed by atoms with Crippen LogP contribution in [0.4, 0.5) is 22.0 Å². The maximum atomic E-state index is 13.7. The highest BCUT2D eigenvalue weighted by molar-refractivity contribution is 9.10. The van der Waals surface area contributed by atoms with Gasteiger partial charge in [-0.1, -0.05) is 0 Å². The zero-order chi connectivity index (χ0) is 16.9. The Balaban J connectivity index is 2.27. The number of benzene rings is 2. The Labute approximate surface area is 133 Å². The van der Waals surface area contributed by atoms with Crippen LogP contribution in [0.5, 0.6) is 5.75 Å². The van der Waals surface area contributed by atoms with Crippen molar-refractivity contribution >= 4 is 26.8 Å². The summed E-state index contributed by atoms with van der Waals surface area (Å²) in [6, 6.07) is 3.77. The predicted octanol–water partition coefficient (Wildman–Crippen LogP) is 5.00. The topological polar surface area (TPSA) is 48.9 Å².